The summed E-state index contributed by atoms with van der Waals surface area (Å²) in [4.78, 5) is 48.2. The van der Waals surface area contributed by atoms with Gasteiger partial charge in [0.1, 0.15) is 18.0 Å². The van der Waals surface area contributed by atoms with Crippen molar-refractivity contribution < 1.29 is 29.3 Å². The molecule has 0 aliphatic carbocycles. The van der Waals surface area contributed by atoms with Crippen molar-refractivity contribution >= 4 is 29.3 Å². The van der Waals surface area contributed by atoms with E-state index in [9.17, 15) is 34.9 Å². The first kappa shape index (κ1) is 22.0. The summed E-state index contributed by atoms with van der Waals surface area (Å²) in [5.74, 6) is -1.47. The number of benzene rings is 1. The zero-order valence-corrected chi connectivity index (χ0v) is 15.8. The summed E-state index contributed by atoms with van der Waals surface area (Å²) in [6.07, 6.45) is 0.124. The summed E-state index contributed by atoms with van der Waals surface area (Å²) in [7, 11) is 3.04. The number of amides is 1. The molecule has 0 unspecified atom stereocenters. The van der Waals surface area contributed by atoms with Crippen molar-refractivity contribution in [1.82, 2.24) is 9.88 Å². The largest absolute Gasteiger partial charge is 0.480 e. The average Bonchev–Trinajstić information content (AvgIpc) is 2.68. The molecule has 1 amide bonds. The van der Waals surface area contributed by atoms with Crippen LogP contribution in [0.15, 0.2) is 36.5 Å². The first-order chi connectivity index (χ1) is 14.1. The molecule has 1 aromatic carbocycles. The molecule has 30 heavy (non-hydrogen) atoms. The second kappa shape index (κ2) is 9.27. The maximum Gasteiger partial charge on any atom is 0.414 e. The van der Waals surface area contributed by atoms with E-state index in [4.69, 9.17) is 4.74 Å². The molecule has 158 valence electrons. The van der Waals surface area contributed by atoms with Crippen molar-refractivity contribution in [3.8, 4) is 5.75 Å². The standard InChI is InChI=1S/C17H17N5O8/c1-20(2)17(25)30-12-5-3-10(4-6-12)7-13(16(23)24)19-15-14(22(28)29)8-11(9-18-15)21(26)27/h3-6,8-9,13H,7H2,1-2H3,(H,18,19)(H,23,24)/t13-/m0/s1. The molecule has 0 saturated carbocycles. The summed E-state index contributed by atoms with van der Waals surface area (Å²) >= 11 is 0. The van der Waals surface area contributed by atoms with Crippen molar-refractivity contribution in [2.24, 2.45) is 0 Å². The molecule has 13 heteroatoms. The quantitative estimate of drug-likeness (QED) is 0.475. The monoisotopic (exact) mass is 419 g/mol. The van der Waals surface area contributed by atoms with E-state index in [0.717, 1.165) is 6.20 Å². The second-order valence-electron chi connectivity index (χ2n) is 6.22. The topological polar surface area (TPSA) is 178 Å². The fourth-order valence-corrected chi connectivity index (χ4v) is 2.28. The highest BCUT2D eigenvalue weighted by atomic mass is 16.6. The normalized spacial score (nSPS) is 11.3. The number of hydrogen-bond donors (Lipinski definition) is 2. The molecule has 0 saturated heterocycles. The van der Waals surface area contributed by atoms with Crippen LogP contribution in [0.1, 0.15) is 5.56 Å². The third kappa shape index (κ3) is 5.60. The molecule has 1 heterocycles. The number of pyridine rings is 1. The fourth-order valence-electron chi connectivity index (χ4n) is 2.28. The number of carbonyl (C=O) groups is 2. The van der Waals surface area contributed by atoms with Crippen LogP contribution in [-0.2, 0) is 11.2 Å². The highest BCUT2D eigenvalue weighted by Gasteiger charge is 2.26. The van der Waals surface area contributed by atoms with Crippen LogP contribution in [0, 0.1) is 20.2 Å². The Morgan fingerprint density at radius 1 is 1.20 bits per heavy atom. The van der Waals surface area contributed by atoms with Crippen molar-refractivity contribution in [2.45, 2.75) is 12.5 Å². The van der Waals surface area contributed by atoms with Gasteiger partial charge >= 0.3 is 17.7 Å². The van der Waals surface area contributed by atoms with E-state index < -0.39 is 45.1 Å². The maximum atomic E-state index is 11.6. The van der Waals surface area contributed by atoms with Gasteiger partial charge in [-0.15, -0.1) is 0 Å². The van der Waals surface area contributed by atoms with E-state index in [1.807, 2.05) is 0 Å². The molecule has 0 fully saturated rings. The minimum absolute atomic E-state index is 0.0902. The van der Waals surface area contributed by atoms with Crippen molar-refractivity contribution in [3.05, 3.63) is 62.3 Å². The number of aliphatic carboxylic acids is 1. The second-order valence-corrected chi connectivity index (χ2v) is 6.22. The van der Waals surface area contributed by atoms with Gasteiger partial charge in [0.25, 0.3) is 5.69 Å². The van der Waals surface area contributed by atoms with Crippen LogP contribution < -0.4 is 10.1 Å². The van der Waals surface area contributed by atoms with Crippen LogP contribution in [-0.4, -0.2) is 57.0 Å². The summed E-state index contributed by atoms with van der Waals surface area (Å²) in [6, 6.07) is 5.40. The van der Waals surface area contributed by atoms with E-state index >= 15 is 0 Å². The number of nitro groups is 2. The van der Waals surface area contributed by atoms with Gasteiger partial charge in [-0.25, -0.2) is 14.6 Å². The molecule has 0 aliphatic heterocycles. The van der Waals surface area contributed by atoms with Gasteiger partial charge in [-0.3, -0.25) is 20.2 Å². The Bertz CT molecular complexity index is 977. The van der Waals surface area contributed by atoms with Crippen LogP contribution in [0.25, 0.3) is 0 Å². The van der Waals surface area contributed by atoms with Crippen LogP contribution in [0.5, 0.6) is 5.75 Å². The Balaban J connectivity index is 2.19. The van der Waals surface area contributed by atoms with Crippen molar-refractivity contribution in [3.63, 3.8) is 0 Å². The van der Waals surface area contributed by atoms with Gasteiger partial charge in [0.2, 0.25) is 5.82 Å². The number of anilines is 1. The number of ether oxygens (including phenoxy) is 1. The third-order valence-electron chi connectivity index (χ3n) is 3.80. The lowest BCUT2D eigenvalue weighted by molar-refractivity contribution is -0.394. The molecule has 1 aromatic heterocycles. The number of nitrogens with one attached hydrogen (secondary N) is 1. The molecule has 13 nitrogen and oxygen atoms in total. The number of rotatable bonds is 8. The Morgan fingerprint density at radius 3 is 2.33 bits per heavy atom. The third-order valence-corrected chi connectivity index (χ3v) is 3.80. The van der Waals surface area contributed by atoms with E-state index in [2.05, 4.69) is 10.3 Å². The van der Waals surface area contributed by atoms with E-state index in [0.29, 0.717) is 11.6 Å². The zero-order valence-electron chi connectivity index (χ0n) is 15.8. The number of nitrogens with zero attached hydrogens (tertiary/aromatic N) is 4. The van der Waals surface area contributed by atoms with Gasteiger partial charge in [-0.2, -0.15) is 0 Å². The minimum Gasteiger partial charge on any atom is -0.480 e. The van der Waals surface area contributed by atoms with Crippen LogP contribution in [0.2, 0.25) is 0 Å². The van der Waals surface area contributed by atoms with E-state index in [1.165, 1.54) is 43.3 Å². The number of aromatic nitrogens is 1. The van der Waals surface area contributed by atoms with Gasteiger partial charge in [0.15, 0.2) is 0 Å². The van der Waals surface area contributed by atoms with E-state index in [-0.39, 0.29) is 12.2 Å². The number of carbonyl (C=O) groups excluding carboxylic acids is 1. The number of carboxylic acids is 1. The molecule has 2 aromatic rings. The highest BCUT2D eigenvalue weighted by molar-refractivity contribution is 5.78. The molecule has 0 spiro atoms. The summed E-state index contributed by atoms with van der Waals surface area (Å²) in [6.45, 7) is 0. The van der Waals surface area contributed by atoms with Crippen LogP contribution >= 0.6 is 0 Å². The molecule has 0 aliphatic rings. The van der Waals surface area contributed by atoms with Crippen molar-refractivity contribution in [2.75, 3.05) is 19.4 Å². The Morgan fingerprint density at radius 2 is 1.83 bits per heavy atom. The van der Waals surface area contributed by atoms with Gasteiger partial charge < -0.3 is 20.1 Å². The lowest BCUT2D eigenvalue weighted by Crippen LogP contribution is -2.32. The van der Waals surface area contributed by atoms with Gasteiger partial charge in [-0.1, -0.05) is 12.1 Å². The predicted octanol–water partition coefficient (Wildman–Crippen LogP) is 2.07. The summed E-state index contributed by atoms with van der Waals surface area (Å²) < 4.78 is 5.07. The molecule has 2 rings (SSSR count). The maximum absolute atomic E-state index is 11.6. The number of carboxylic acid groups (broad SMARTS) is 1. The first-order valence-electron chi connectivity index (χ1n) is 8.34. The Kier molecular flexibility index (Phi) is 6.80. The molecular formula is C17H17N5O8. The van der Waals surface area contributed by atoms with Crippen molar-refractivity contribution in [1.29, 1.82) is 0 Å². The van der Waals surface area contributed by atoms with Gasteiger partial charge in [-0.05, 0) is 17.7 Å². The molecule has 0 radical (unpaired) electrons. The smallest absolute Gasteiger partial charge is 0.414 e. The lowest BCUT2D eigenvalue weighted by Gasteiger charge is -2.15. The minimum atomic E-state index is -1.31. The Labute approximate surface area is 169 Å². The van der Waals surface area contributed by atoms with Gasteiger partial charge in [0, 0.05) is 20.5 Å². The molecule has 2 N–H and O–H groups in total. The molecule has 0 bridgehead atoms. The lowest BCUT2D eigenvalue weighted by atomic mass is 10.1. The number of hydrogen-bond acceptors (Lipinski definition) is 9. The van der Waals surface area contributed by atoms with Gasteiger partial charge in [0.05, 0.1) is 15.9 Å². The van der Waals surface area contributed by atoms with Crippen LogP contribution in [0.3, 0.4) is 0 Å². The first-order valence-corrected chi connectivity index (χ1v) is 8.34. The SMILES string of the molecule is CN(C)C(=O)Oc1ccc(C[C@H](Nc2ncc([N+](=O)[O-])cc2[N+](=O)[O-])C(=O)O)cc1. The summed E-state index contributed by atoms with van der Waals surface area (Å²) in [5, 5.41) is 33.9. The highest BCUT2D eigenvalue weighted by Crippen LogP contribution is 2.27. The molecular weight excluding hydrogens is 402 g/mol. The summed E-state index contributed by atoms with van der Waals surface area (Å²) in [5.41, 5.74) is -0.785. The predicted molar refractivity (Wildman–Crippen MR) is 102 cm³/mol. The van der Waals surface area contributed by atoms with E-state index in [1.54, 1.807) is 0 Å². The average molecular weight is 419 g/mol. The zero-order chi connectivity index (χ0) is 22.4. The molecule has 1 atom stereocenters. The van der Waals surface area contributed by atoms with Crippen LogP contribution in [0.4, 0.5) is 22.0 Å². The Hall–Kier alpha value is -4.29. The fraction of sp³-hybridized carbons (Fsp3) is 0.235.